The highest BCUT2D eigenvalue weighted by Gasteiger charge is 2.22. The zero-order chi connectivity index (χ0) is 14.8. The average molecular weight is 302 g/mol. The van der Waals surface area contributed by atoms with Crippen molar-refractivity contribution in [1.29, 1.82) is 0 Å². The minimum atomic E-state index is -1.27. The second-order valence-corrected chi connectivity index (χ2v) is 5.86. The Bertz CT molecular complexity index is 731. The van der Waals surface area contributed by atoms with Gasteiger partial charge in [-0.15, -0.1) is 0 Å². The van der Waals surface area contributed by atoms with Gasteiger partial charge in [0.05, 0.1) is 38.6 Å². The molecule has 0 spiro atoms. The summed E-state index contributed by atoms with van der Waals surface area (Å²) < 4.78 is 17.4. The quantitative estimate of drug-likeness (QED) is 0.760. The van der Waals surface area contributed by atoms with E-state index >= 15 is 0 Å². The summed E-state index contributed by atoms with van der Waals surface area (Å²) in [5.41, 5.74) is 2.18. The van der Waals surface area contributed by atoms with E-state index in [0.29, 0.717) is 17.2 Å². The maximum atomic E-state index is 12.6. The second-order valence-electron chi connectivity index (χ2n) is 4.45. The molecule has 1 aliphatic rings. The van der Waals surface area contributed by atoms with Crippen LogP contribution in [0.15, 0.2) is 52.3 Å². The highest BCUT2D eigenvalue weighted by atomic mass is 32.2. The third kappa shape index (κ3) is 2.62. The molecule has 6 heteroatoms. The average Bonchev–Trinajstić information content (AvgIpc) is 2.48. The number of carbonyl (C=O) groups is 1. The molecule has 1 atom stereocenters. The van der Waals surface area contributed by atoms with Crippen molar-refractivity contribution in [2.24, 2.45) is 0 Å². The third-order valence-corrected chi connectivity index (χ3v) is 4.55. The van der Waals surface area contributed by atoms with Gasteiger partial charge in [-0.2, -0.15) is 0 Å². The van der Waals surface area contributed by atoms with E-state index in [9.17, 15) is 9.00 Å². The standard InChI is InChI=1S/C15H14N2O3S/c1-2-20-15(18)16-10-7-8-12-14(9-10)21(19)13-6-4-3-5-11(13)17-12/h3-9,17H,2H2,1H3,(H,16,18). The molecular weight excluding hydrogens is 288 g/mol. The summed E-state index contributed by atoms with van der Waals surface area (Å²) in [5.74, 6) is 0. The van der Waals surface area contributed by atoms with Crippen LogP contribution in [0.1, 0.15) is 6.92 Å². The van der Waals surface area contributed by atoms with E-state index in [4.69, 9.17) is 4.74 Å². The molecule has 1 heterocycles. The fraction of sp³-hybridized carbons (Fsp3) is 0.133. The number of amides is 1. The number of hydrogen-bond acceptors (Lipinski definition) is 4. The first-order chi connectivity index (χ1) is 10.2. The first-order valence-corrected chi connectivity index (χ1v) is 7.69. The van der Waals surface area contributed by atoms with Crippen LogP contribution in [0.5, 0.6) is 0 Å². The van der Waals surface area contributed by atoms with Crippen molar-refractivity contribution >= 4 is 34.0 Å². The van der Waals surface area contributed by atoms with E-state index in [0.717, 1.165) is 16.3 Å². The molecule has 0 bridgehead atoms. The Morgan fingerprint density at radius 1 is 1.19 bits per heavy atom. The van der Waals surface area contributed by atoms with Gasteiger partial charge in [-0.3, -0.25) is 5.32 Å². The maximum Gasteiger partial charge on any atom is 0.411 e. The summed E-state index contributed by atoms with van der Waals surface area (Å²) in [4.78, 5) is 12.8. The highest BCUT2D eigenvalue weighted by molar-refractivity contribution is 7.85. The molecule has 2 aromatic rings. The number of rotatable bonds is 2. The molecule has 0 fully saturated rings. The van der Waals surface area contributed by atoms with E-state index in [1.807, 2.05) is 24.3 Å². The van der Waals surface area contributed by atoms with E-state index in [-0.39, 0.29) is 0 Å². The smallest absolute Gasteiger partial charge is 0.411 e. The van der Waals surface area contributed by atoms with Gasteiger partial charge in [-0.25, -0.2) is 9.00 Å². The van der Waals surface area contributed by atoms with Crippen LogP contribution in [0, 0.1) is 0 Å². The number of ether oxygens (including phenoxy) is 1. The number of carbonyl (C=O) groups excluding carboxylic acids is 1. The van der Waals surface area contributed by atoms with Crippen LogP contribution in [0.4, 0.5) is 21.9 Å². The Morgan fingerprint density at radius 3 is 2.76 bits per heavy atom. The largest absolute Gasteiger partial charge is 0.450 e. The molecule has 3 rings (SSSR count). The first-order valence-electron chi connectivity index (χ1n) is 6.54. The van der Waals surface area contributed by atoms with Gasteiger partial charge < -0.3 is 10.1 Å². The van der Waals surface area contributed by atoms with Gasteiger partial charge in [0.1, 0.15) is 0 Å². The molecule has 0 aromatic heterocycles. The fourth-order valence-corrected chi connectivity index (χ4v) is 3.45. The highest BCUT2D eigenvalue weighted by Crippen LogP contribution is 2.37. The molecule has 0 saturated carbocycles. The molecule has 0 aliphatic carbocycles. The van der Waals surface area contributed by atoms with Crippen LogP contribution >= 0.6 is 0 Å². The Labute approximate surface area is 124 Å². The Hall–Kier alpha value is -2.34. The third-order valence-electron chi connectivity index (χ3n) is 3.06. The van der Waals surface area contributed by atoms with Crippen LogP contribution in [-0.2, 0) is 15.5 Å². The lowest BCUT2D eigenvalue weighted by atomic mass is 10.2. The SMILES string of the molecule is CCOC(=O)Nc1ccc2c(c1)S(=O)c1ccccc1N2. The van der Waals surface area contributed by atoms with Crippen LogP contribution in [0.25, 0.3) is 0 Å². The Morgan fingerprint density at radius 2 is 1.95 bits per heavy atom. The van der Waals surface area contributed by atoms with Crippen molar-refractivity contribution in [1.82, 2.24) is 0 Å². The first kappa shape index (κ1) is 13.6. The molecule has 2 N–H and O–H groups in total. The van der Waals surface area contributed by atoms with Crippen molar-refractivity contribution in [2.45, 2.75) is 16.7 Å². The fourth-order valence-electron chi connectivity index (χ4n) is 2.14. The number of benzene rings is 2. The van der Waals surface area contributed by atoms with E-state index in [1.54, 1.807) is 25.1 Å². The lowest BCUT2D eigenvalue weighted by molar-refractivity contribution is 0.168. The lowest BCUT2D eigenvalue weighted by Crippen LogP contribution is -2.14. The number of anilines is 3. The summed E-state index contributed by atoms with van der Waals surface area (Å²) in [7, 11) is -1.27. The molecule has 1 unspecified atom stereocenters. The zero-order valence-electron chi connectivity index (χ0n) is 11.4. The number of fused-ring (bicyclic) bond motifs is 2. The normalized spacial score (nSPS) is 15.4. The van der Waals surface area contributed by atoms with Gasteiger partial charge >= 0.3 is 6.09 Å². The summed E-state index contributed by atoms with van der Waals surface area (Å²) in [6, 6.07) is 12.7. The molecule has 1 aliphatic heterocycles. The van der Waals surface area contributed by atoms with Gasteiger partial charge in [-0.05, 0) is 37.3 Å². The van der Waals surface area contributed by atoms with Crippen molar-refractivity contribution in [2.75, 3.05) is 17.2 Å². The predicted molar refractivity (Wildman–Crippen MR) is 81.5 cm³/mol. The number of nitrogens with one attached hydrogen (secondary N) is 2. The summed E-state index contributed by atoms with van der Waals surface area (Å²) >= 11 is 0. The zero-order valence-corrected chi connectivity index (χ0v) is 12.2. The molecule has 2 aromatic carbocycles. The van der Waals surface area contributed by atoms with Crippen molar-refractivity contribution in [3.05, 3.63) is 42.5 Å². The summed E-state index contributed by atoms with van der Waals surface area (Å²) in [6.07, 6.45) is -0.521. The molecule has 5 nitrogen and oxygen atoms in total. The molecular formula is C15H14N2O3S. The van der Waals surface area contributed by atoms with Crippen molar-refractivity contribution in [3.8, 4) is 0 Å². The van der Waals surface area contributed by atoms with Gasteiger partial charge in [0.15, 0.2) is 0 Å². The van der Waals surface area contributed by atoms with Crippen molar-refractivity contribution in [3.63, 3.8) is 0 Å². The Kier molecular flexibility index (Phi) is 3.62. The van der Waals surface area contributed by atoms with Crippen LogP contribution in [-0.4, -0.2) is 16.9 Å². The number of para-hydroxylation sites is 1. The molecule has 1 amide bonds. The van der Waals surface area contributed by atoms with E-state index < -0.39 is 16.9 Å². The van der Waals surface area contributed by atoms with Gasteiger partial charge in [-0.1, -0.05) is 12.1 Å². The topological polar surface area (TPSA) is 67.4 Å². The molecule has 21 heavy (non-hydrogen) atoms. The van der Waals surface area contributed by atoms with Gasteiger partial charge in [0, 0.05) is 5.69 Å². The minimum Gasteiger partial charge on any atom is -0.450 e. The van der Waals surface area contributed by atoms with Crippen LogP contribution in [0.3, 0.4) is 0 Å². The maximum absolute atomic E-state index is 12.6. The lowest BCUT2D eigenvalue weighted by Gasteiger charge is -2.21. The summed E-state index contributed by atoms with van der Waals surface area (Å²) in [6.45, 7) is 2.04. The summed E-state index contributed by atoms with van der Waals surface area (Å²) in [5, 5.41) is 5.85. The minimum absolute atomic E-state index is 0.303. The number of hydrogen-bond donors (Lipinski definition) is 2. The molecule has 0 radical (unpaired) electrons. The van der Waals surface area contributed by atoms with Gasteiger partial charge in [0.2, 0.25) is 0 Å². The second kappa shape index (κ2) is 5.57. The van der Waals surface area contributed by atoms with E-state index in [2.05, 4.69) is 10.6 Å². The molecule has 0 saturated heterocycles. The van der Waals surface area contributed by atoms with E-state index in [1.165, 1.54) is 0 Å². The van der Waals surface area contributed by atoms with Crippen LogP contribution in [0.2, 0.25) is 0 Å². The van der Waals surface area contributed by atoms with Crippen molar-refractivity contribution < 1.29 is 13.7 Å². The Balaban J connectivity index is 1.92. The van der Waals surface area contributed by atoms with Crippen LogP contribution < -0.4 is 10.6 Å². The molecule has 108 valence electrons. The predicted octanol–water partition coefficient (Wildman–Crippen LogP) is 3.48. The van der Waals surface area contributed by atoms with Gasteiger partial charge in [0.25, 0.3) is 0 Å². The monoisotopic (exact) mass is 302 g/mol.